The first kappa shape index (κ1) is 32.2. The first-order valence-electron chi connectivity index (χ1n) is 13.7. The molecule has 2 rings (SSSR count). The molecule has 5 N–H and O–H groups in total. The Morgan fingerprint density at radius 1 is 0.950 bits per heavy atom. The van der Waals surface area contributed by atoms with Crippen LogP contribution in [0.5, 0.6) is 0 Å². The van der Waals surface area contributed by atoms with Gasteiger partial charge in [0.15, 0.2) is 5.78 Å². The third-order valence-electron chi connectivity index (χ3n) is 6.51. The Morgan fingerprint density at radius 3 is 2.12 bits per heavy atom. The summed E-state index contributed by atoms with van der Waals surface area (Å²) >= 11 is 0. The van der Waals surface area contributed by atoms with Crippen molar-refractivity contribution in [3.63, 3.8) is 0 Å². The van der Waals surface area contributed by atoms with Gasteiger partial charge in [0.25, 0.3) is 11.8 Å². The third-order valence-corrected chi connectivity index (χ3v) is 6.51. The zero-order chi connectivity index (χ0) is 29.8. The van der Waals surface area contributed by atoms with Crippen molar-refractivity contribution in [3.8, 4) is 0 Å². The van der Waals surface area contributed by atoms with Gasteiger partial charge in [0.05, 0.1) is 6.04 Å². The van der Waals surface area contributed by atoms with Crippen molar-refractivity contribution in [2.75, 3.05) is 18.4 Å². The molecule has 1 aromatic carbocycles. The molecule has 6 amide bonds. The maximum absolute atomic E-state index is 13.3. The number of amides is 6. The lowest BCUT2D eigenvalue weighted by Gasteiger charge is -2.24. The summed E-state index contributed by atoms with van der Waals surface area (Å²) in [6.07, 6.45) is 3.67. The van der Waals surface area contributed by atoms with Gasteiger partial charge in [0.1, 0.15) is 0 Å². The van der Waals surface area contributed by atoms with Crippen molar-refractivity contribution in [2.24, 2.45) is 23.5 Å². The summed E-state index contributed by atoms with van der Waals surface area (Å²) in [5.74, 6) is -2.56. The maximum Gasteiger partial charge on any atom is 0.312 e. The first-order valence-corrected chi connectivity index (χ1v) is 13.7. The Labute approximate surface area is 235 Å². The van der Waals surface area contributed by atoms with Crippen molar-refractivity contribution in [1.29, 1.82) is 0 Å². The van der Waals surface area contributed by atoms with Crippen LogP contribution in [0.2, 0.25) is 0 Å². The van der Waals surface area contributed by atoms with E-state index in [-0.39, 0.29) is 43.5 Å². The van der Waals surface area contributed by atoms with Gasteiger partial charge in [-0.15, -0.1) is 0 Å². The van der Waals surface area contributed by atoms with Gasteiger partial charge in [0, 0.05) is 49.7 Å². The summed E-state index contributed by atoms with van der Waals surface area (Å²) in [6.45, 7) is 7.98. The van der Waals surface area contributed by atoms with Crippen LogP contribution in [0.15, 0.2) is 36.4 Å². The lowest BCUT2D eigenvalue weighted by molar-refractivity contribution is -0.137. The number of hydrogen-bond donors (Lipinski definition) is 4. The van der Waals surface area contributed by atoms with Crippen LogP contribution in [0.3, 0.4) is 0 Å². The molecule has 11 heteroatoms. The number of Topliss-reactive ketones (excluding diaryl/α,β-unsaturated/α-hetero) is 1. The fourth-order valence-electron chi connectivity index (χ4n) is 4.43. The zero-order valence-electron chi connectivity index (χ0n) is 23.7. The van der Waals surface area contributed by atoms with E-state index in [1.54, 1.807) is 13.8 Å². The minimum absolute atomic E-state index is 0.0939. The minimum atomic E-state index is -0.857. The summed E-state index contributed by atoms with van der Waals surface area (Å²) in [4.78, 5) is 74.6. The second-order valence-electron chi connectivity index (χ2n) is 10.8. The van der Waals surface area contributed by atoms with Gasteiger partial charge in [-0.05, 0) is 48.8 Å². The van der Waals surface area contributed by atoms with Gasteiger partial charge in [-0.1, -0.05) is 39.8 Å². The average Bonchev–Trinajstić information content (AvgIpc) is 3.20. The molecule has 1 aliphatic rings. The van der Waals surface area contributed by atoms with Gasteiger partial charge >= 0.3 is 6.03 Å². The molecule has 1 aliphatic heterocycles. The number of primary amides is 1. The second-order valence-corrected chi connectivity index (χ2v) is 10.8. The number of anilines is 1. The lowest BCUT2D eigenvalue weighted by Crippen LogP contribution is -2.46. The number of nitrogens with zero attached hydrogens (tertiary/aromatic N) is 1. The number of urea groups is 1. The summed E-state index contributed by atoms with van der Waals surface area (Å²) < 4.78 is 0. The van der Waals surface area contributed by atoms with Crippen LogP contribution in [0, 0.1) is 17.8 Å². The quantitative estimate of drug-likeness (QED) is 0.180. The highest BCUT2D eigenvalue weighted by atomic mass is 16.2. The highest BCUT2D eigenvalue weighted by Crippen LogP contribution is 2.20. The van der Waals surface area contributed by atoms with E-state index in [9.17, 15) is 28.8 Å². The smallest absolute Gasteiger partial charge is 0.312 e. The molecule has 0 saturated heterocycles. The SMILES string of the molecule is CC(C)Cc1ccc(NC(=O)[C@H](CCCNC(N)=O)CC(=O)C(NC(=O)CCN2C(=O)C=CC2=O)C(C)C)cc1. The van der Waals surface area contributed by atoms with E-state index in [0.29, 0.717) is 24.4 Å². The van der Waals surface area contributed by atoms with Crippen molar-refractivity contribution in [2.45, 2.75) is 65.8 Å². The maximum atomic E-state index is 13.3. The van der Waals surface area contributed by atoms with Crippen LogP contribution >= 0.6 is 0 Å². The van der Waals surface area contributed by atoms with E-state index < -0.39 is 35.7 Å². The number of carbonyl (C=O) groups excluding carboxylic acids is 6. The molecular formula is C29H41N5O6. The van der Waals surface area contributed by atoms with Crippen molar-refractivity contribution in [3.05, 3.63) is 42.0 Å². The number of carbonyl (C=O) groups is 6. The molecule has 218 valence electrons. The van der Waals surface area contributed by atoms with E-state index >= 15 is 0 Å². The summed E-state index contributed by atoms with van der Waals surface area (Å²) in [5, 5.41) is 8.07. The van der Waals surface area contributed by atoms with Crippen molar-refractivity contribution in [1.82, 2.24) is 15.5 Å². The average molecular weight is 556 g/mol. The summed E-state index contributed by atoms with van der Waals surface area (Å²) in [7, 11) is 0. The Bertz CT molecular complexity index is 1090. The number of benzene rings is 1. The van der Waals surface area contributed by atoms with E-state index in [1.807, 2.05) is 24.3 Å². The number of ketones is 1. The normalized spacial score (nSPS) is 14.4. The summed E-state index contributed by atoms with van der Waals surface area (Å²) in [6, 6.07) is 6.03. The van der Waals surface area contributed by atoms with E-state index in [4.69, 9.17) is 5.73 Å². The Hall–Kier alpha value is -4.02. The van der Waals surface area contributed by atoms with E-state index in [2.05, 4.69) is 29.8 Å². The molecule has 0 saturated carbocycles. The lowest BCUT2D eigenvalue weighted by atomic mass is 9.89. The molecule has 0 fully saturated rings. The number of rotatable bonds is 16. The highest BCUT2D eigenvalue weighted by Gasteiger charge is 2.30. The predicted octanol–water partition coefficient (Wildman–Crippen LogP) is 2.30. The number of nitrogens with one attached hydrogen (secondary N) is 3. The van der Waals surface area contributed by atoms with Gasteiger partial charge in [-0.3, -0.25) is 28.9 Å². The van der Waals surface area contributed by atoms with Crippen LogP contribution in [0.25, 0.3) is 0 Å². The molecule has 1 aromatic rings. The molecule has 0 aliphatic carbocycles. The first-order chi connectivity index (χ1) is 18.9. The Morgan fingerprint density at radius 2 is 1.57 bits per heavy atom. The van der Waals surface area contributed by atoms with Gasteiger partial charge in [0.2, 0.25) is 11.8 Å². The van der Waals surface area contributed by atoms with Gasteiger partial charge < -0.3 is 21.7 Å². The number of nitrogens with two attached hydrogens (primary N) is 1. The molecule has 11 nitrogen and oxygen atoms in total. The molecule has 40 heavy (non-hydrogen) atoms. The van der Waals surface area contributed by atoms with Gasteiger partial charge in [-0.25, -0.2) is 4.79 Å². The monoisotopic (exact) mass is 555 g/mol. The van der Waals surface area contributed by atoms with Gasteiger partial charge in [-0.2, -0.15) is 0 Å². The van der Waals surface area contributed by atoms with Crippen LogP contribution in [0.1, 0.15) is 58.9 Å². The molecule has 0 spiro atoms. The molecule has 1 heterocycles. The van der Waals surface area contributed by atoms with Crippen molar-refractivity contribution < 1.29 is 28.8 Å². The molecule has 0 radical (unpaired) electrons. The Kier molecular flexibility index (Phi) is 12.5. The van der Waals surface area contributed by atoms with Crippen LogP contribution < -0.4 is 21.7 Å². The zero-order valence-corrected chi connectivity index (χ0v) is 23.7. The highest BCUT2D eigenvalue weighted by molar-refractivity contribution is 6.13. The fraction of sp³-hybridized carbons (Fsp3) is 0.517. The molecule has 0 aromatic heterocycles. The molecular weight excluding hydrogens is 514 g/mol. The largest absolute Gasteiger partial charge is 0.352 e. The van der Waals surface area contributed by atoms with Crippen LogP contribution in [-0.2, 0) is 30.4 Å². The van der Waals surface area contributed by atoms with E-state index in [1.165, 1.54) is 0 Å². The molecule has 0 bridgehead atoms. The number of imide groups is 1. The number of hydrogen-bond acceptors (Lipinski definition) is 6. The third kappa shape index (κ3) is 10.6. The van der Waals surface area contributed by atoms with Crippen LogP contribution in [-0.4, -0.2) is 59.5 Å². The van der Waals surface area contributed by atoms with Crippen molar-refractivity contribution >= 4 is 41.1 Å². The topological polar surface area (TPSA) is 168 Å². The minimum Gasteiger partial charge on any atom is -0.352 e. The predicted molar refractivity (Wildman–Crippen MR) is 151 cm³/mol. The van der Waals surface area contributed by atoms with Crippen LogP contribution in [0.4, 0.5) is 10.5 Å². The van der Waals surface area contributed by atoms with E-state index in [0.717, 1.165) is 29.0 Å². The fourth-order valence-corrected chi connectivity index (χ4v) is 4.43. The molecule has 2 atom stereocenters. The second kappa shape index (κ2) is 15.5. The molecule has 1 unspecified atom stereocenters. The standard InChI is InChI=1S/C29H41N5O6/c1-18(2)16-20-7-9-22(10-8-20)32-28(39)21(6-5-14-31-29(30)40)17-23(35)27(19(3)4)33-24(36)13-15-34-25(37)11-12-26(34)38/h7-12,18-19,21,27H,5-6,13-17H2,1-4H3,(H,32,39)(H,33,36)(H3,30,31,40)/t21-,27?/m1/s1. The summed E-state index contributed by atoms with van der Waals surface area (Å²) in [5.41, 5.74) is 6.89. The Balaban J connectivity index is 2.04.